The van der Waals surface area contributed by atoms with Gasteiger partial charge in [0.05, 0.1) is 7.11 Å². The summed E-state index contributed by atoms with van der Waals surface area (Å²) in [5.74, 6) is 0.889. The molecule has 0 saturated carbocycles. The first kappa shape index (κ1) is 12.7. The third-order valence-electron chi connectivity index (χ3n) is 3.00. The van der Waals surface area contributed by atoms with Gasteiger partial charge in [0.25, 0.3) is 0 Å². The van der Waals surface area contributed by atoms with Crippen molar-refractivity contribution in [2.75, 3.05) is 13.7 Å². The average Bonchev–Trinajstić information content (AvgIpc) is 2.45. The number of rotatable bonds is 5. The van der Waals surface area contributed by atoms with E-state index in [9.17, 15) is 0 Å². The average molecular weight is 241 g/mol. The van der Waals surface area contributed by atoms with Crippen LogP contribution in [-0.4, -0.2) is 13.7 Å². The van der Waals surface area contributed by atoms with E-state index < -0.39 is 0 Å². The zero-order valence-corrected chi connectivity index (χ0v) is 10.7. The molecule has 2 aromatic rings. The van der Waals surface area contributed by atoms with Crippen LogP contribution in [0.15, 0.2) is 48.5 Å². The molecule has 0 radical (unpaired) electrons. The second-order valence-electron chi connectivity index (χ2n) is 4.32. The van der Waals surface area contributed by atoms with E-state index in [0.717, 1.165) is 25.1 Å². The monoisotopic (exact) mass is 241 g/mol. The minimum atomic E-state index is 0.739. The van der Waals surface area contributed by atoms with Crippen LogP contribution < -0.4 is 10.5 Å². The highest BCUT2D eigenvalue weighted by Crippen LogP contribution is 2.24. The van der Waals surface area contributed by atoms with Crippen molar-refractivity contribution < 1.29 is 4.74 Å². The van der Waals surface area contributed by atoms with E-state index in [-0.39, 0.29) is 0 Å². The SMILES string of the molecule is COc1cccc(-c2cccc(CCCN)c2)c1. The Bertz CT molecular complexity index is 508. The number of ether oxygens (including phenoxy) is 1. The molecule has 2 heteroatoms. The summed E-state index contributed by atoms with van der Waals surface area (Å²) < 4.78 is 5.25. The zero-order valence-electron chi connectivity index (χ0n) is 10.7. The first-order chi connectivity index (χ1) is 8.83. The van der Waals surface area contributed by atoms with Gasteiger partial charge in [-0.1, -0.05) is 36.4 Å². The highest BCUT2D eigenvalue weighted by molar-refractivity contribution is 5.65. The minimum Gasteiger partial charge on any atom is -0.497 e. The fourth-order valence-corrected chi connectivity index (χ4v) is 2.02. The van der Waals surface area contributed by atoms with Crippen LogP contribution >= 0.6 is 0 Å². The lowest BCUT2D eigenvalue weighted by Gasteiger charge is -2.07. The molecule has 0 atom stereocenters. The summed E-state index contributed by atoms with van der Waals surface area (Å²) in [5, 5.41) is 0. The first-order valence-electron chi connectivity index (χ1n) is 6.27. The largest absolute Gasteiger partial charge is 0.497 e. The second kappa shape index (κ2) is 6.22. The Labute approximate surface area is 108 Å². The molecule has 0 fully saturated rings. The Morgan fingerprint density at radius 2 is 1.72 bits per heavy atom. The fourth-order valence-electron chi connectivity index (χ4n) is 2.02. The van der Waals surface area contributed by atoms with Crippen LogP contribution in [0.25, 0.3) is 11.1 Å². The maximum atomic E-state index is 5.55. The Morgan fingerprint density at radius 1 is 1.00 bits per heavy atom. The van der Waals surface area contributed by atoms with Gasteiger partial charge in [-0.15, -0.1) is 0 Å². The number of methoxy groups -OCH3 is 1. The predicted octanol–water partition coefficient (Wildman–Crippen LogP) is 3.25. The van der Waals surface area contributed by atoms with Crippen LogP contribution in [-0.2, 0) is 6.42 Å². The molecule has 0 aliphatic rings. The molecule has 0 aromatic heterocycles. The topological polar surface area (TPSA) is 35.2 Å². The smallest absolute Gasteiger partial charge is 0.119 e. The molecule has 2 N–H and O–H groups in total. The lowest BCUT2D eigenvalue weighted by atomic mass is 10.0. The van der Waals surface area contributed by atoms with Gasteiger partial charge in [-0.05, 0) is 48.2 Å². The van der Waals surface area contributed by atoms with Crippen LogP contribution in [0, 0.1) is 0 Å². The standard InChI is InChI=1S/C16H19NO/c1-18-16-9-3-8-15(12-16)14-7-2-5-13(11-14)6-4-10-17/h2-3,5,7-9,11-12H,4,6,10,17H2,1H3. The van der Waals surface area contributed by atoms with Crippen LogP contribution in [0.3, 0.4) is 0 Å². The number of benzene rings is 2. The van der Waals surface area contributed by atoms with Gasteiger partial charge >= 0.3 is 0 Å². The maximum Gasteiger partial charge on any atom is 0.119 e. The lowest BCUT2D eigenvalue weighted by molar-refractivity contribution is 0.415. The third kappa shape index (κ3) is 3.11. The number of aryl methyl sites for hydroxylation is 1. The molecule has 2 aromatic carbocycles. The third-order valence-corrected chi connectivity index (χ3v) is 3.00. The Balaban J connectivity index is 2.26. The van der Waals surface area contributed by atoms with E-state index in [2.05, 4.69) is 36.4 Å². The summed E-state index contributed by atoms with van der Waals surface area (Å²) in [6.07, 6.45) is 2.07. The summed E-state index contributed by atoms with van der Waals surface area (Å²) in [4.78, 5) is 0. The Morgan fingerprint density at radius 3 is 2.44 bits per heavy atom. The molecule has 2 nitrogen and oxygen atoms in total. The van der Waals surface area contributed by atoms with Crippen molar-refractivity contribution in [1.82, 2.24) is 0 Å². The number of hydrogen-bond acceptors (Lipinski definition) is 2. The van der Waals surface area contributed by atoms with E-state index in [1.54, 1.807) is 7.11 Å². The quantitative estimate of drug-likeness (QED) is 0.872. The summed E-state index contributed by atoms with van der Waals surface area (Å²) in [6, 6.07) is 16.7. The molecular formula is C16H19NO. The molecule has 0 spiro atoms. The Hall–Kier alpha value is -1.80. The maximum absolute atomic E-state index is 5.55. The van der Waals surface area contributed by atoms with Crippen LogP contribution in [0.2, 0.25) is 0 Å². The summed E-state index contributed by atoms with van der Waals surface area (Å²) in [7, 11) is 1.69. The van der Waals surface area contributed by atoms with E-state index in [4.69, 9.17) is 10.5 Å². The number of nitrogens with two attached hydrogens (primary N) is 1. The van der Waals surface area contributed by atoms with Gasteiger partial charge in [0, 0.05) is 0 Å². The number of hydrogen-bond donors (Lipinski definition) is 1. The molecule has 18 heavy (non-hydrogen) atoms. The van der Waals surface area contributed by atoms with Gasteiger partial charge in [-0.2, -0.15) is 0 Å². The van der Waals surface area contributed by atoms with Gasteiger partial charge in [0.15, 0.2) is 0 Å². The van der Waals surface area contributed by atoms with Crippen molar-refractivity contribution in [3.8, 4) is 16.9 Å². The lowest BCUT2D eigenvalue weighted by Crippen LogP contribution is -2.00. The molecule has 0 unspecified atom stereocenters. The highest BCUT2D eigenvalue weighted by Gasteiger charge is 2.01. The van der Waals surface area contributed by atoms with E-state index in [0.29, 0.717) is 0 Å². The molecule has 94 valence electrons. The van der Waals surface area contributed by atoms with Crippen LogP contribution in [0.4, 0.5) is 0 Å². The van der Waals surface area contributed by atoms with Gasteiger partial charge in [-0.25, -0.2) is 0 Å². The fraction of sp³-hybridized carbons (Fsp3) is 0.250. The van der Waals surface area contributed by atoms with Gasteiger partial charge < -0.3 is 10.5 Å². The molecular weight excluding hydrogens is 222 g/mol. The Kier molecular flexibility index (Phi) is 4.37. The van der Waals surface area contributed by atoms with Crippen molar-refractivity contribution in [3.05, 3.63) is 54.1 Å². The van der Waals surface area contributed by atoms with E-state index in [1.807, 2.05) is 12.1 Å². The predicted molar refractivity (Wildman–Crippen MR) is 75.8 cm³/mol. The van der Waals surface area contributed by atoms with Crippen molar-refractivity contribution in [2.24, 2.45) is 5.73 Å². The van der Waals surface area contributed by atoms with Gasteiger partial charge in [-0.3, -0.25) is 0 Å². The molecule has 0 amide bonds. The van der Waals surface area contributed by atoms with Crippen LogP contribution in [0.5, 0.6) is 5.75 Å². The zero-order chi connectivity index (χ0) is 12.8. The van der Waals surface area contributed by atoms with Gasteiger partial charge in [0.2, 0.25) is 0 Å². The first-order valence-corrected chi connectivity index (χ1v) is 6.27. The summed E-state index contributed by atoms with van der Waals surface area (Å²) in [5.41, 5.74) is 9.29. The van der Waals surface area contributed by atoms with Crippen molar-refractivity contribution in [3.63, 3.8) is 0 Å². The van der Waals surface area contributed by atoms with E-state index in [1.165, 1.54) is 16.7 Å². The molecule has 0 bridgehead atoms. The summed E-state index contributed by atoms with van der Waals surface area (Å²) in [6.45, 7) is 0.739. The molecule has 0 heterocycles. The molecule has 0 aliphatic carbocycles. The molecule has 0 aliphatic heterocycles. The van der Waals surface area contributed by atoms with Crippen molar-refractivity contribution in [1.29, 1.82) is 0 Å². The molecule has 0 saturated heterocycles. The van der Waals surface area contributed by atoms with E-state index >= 15 is 0 Å². The summed E-state index contributed by atoms with van der Waals surface area (Å²) >= 11 is 0. The van der Waals surface area contributed by atoms with Crippen molar-refractivity contribution >= 4 is 0 Å². The second-order valence-corrected chi connectivity index (χ2v) is 4.32. The van der Waals surface area contributed by atoms with Crippen LogP contribution in [0.1, 0.15) is 12.0 Å². The van der Waals surface area contributed by atoms with Gasteiger partial charge in [0.1, 0.15) is 5.75 Å². The minimum absolute atomic E-state index is 0.739. The normalized spacial score (nSPS) is 10.3. The highest BCUT2D eigenvalue weighted by atomic mass is 16.5. The van der Waals surface area contributed by atoms with Crippen molar-refractivity contribution in [2.45, 2.75) is 12.8 Å². The molecule has 2 rings (SSSR count).